The van der Waals surface area contributed by atoms with Gasteiger partial charge < -0.3 is 10.1 Å². The molecular formula is C15H22N2O3S. The maximum Gasteiger partial charge on any atom is 0.269 e. The molecule has 2 unspecified atom stereocenters. The molecular weight excluding hydrogens is 288 g/mol. The standard InChI is InChI=1S/C15H22N2O3S/c1-21-15-4-2-3-12(11-15)16-9-10-20-14-7-5-13(6-8-14)17(18)19/h5-8,12,15-16H,2-4,9-11H2,1H3. The summed E-state index contributed by atoms with van der Waals surface area (Å²) in [6, 6.07) is 6.81. The average molecular weight is 310 g/mol. The van der Waals surface area contributed by atoms with Gasteiger partial charge in [-0.3, -0.25) is 10.1 Å². The van der Waals surface area contributed by atoms with Crippen molar-refractivity contribution >= 4 is 17.4 Å². The quantitative estimate of drug-likeness (QED) is 0.476. The summed E-state index contributed by atoms with van der Waals surface area (Å²) in [7, 11) is 0. The number of hydrogen-bond donors (Lipinski definition) is 1. The zero-order valence-corrected chi connectivity index (χ0v) is 13.1. The van der Waals surface area contributed by atoms with Gasteiger partial charge in [-0.05, 0) is 37.7 Å². The van der Waals surface area contributed by atoms with Gasteiger partial charge in [-0.15, -0.1) is 0 Å². The van der Waals surface area contributed by atoms with Crippen LogP contribution >= 0.6 is 11.8 Å². The molecule has 21 heavy (non-hydrogen) atoms. The van der Waals surface area contributed by atoms with Gasteiger partial charge in [-0.1, -0.05) is 6.42 Å². The summed E-state index contributed by atoms with van der Waals surface area (Å²) >= 11 is 1.96. The molecule has 116 valence electrons. The number of benzene rings is 1. The molecule has 1 N–H and O–H groups in total. The molecule has 1 aliphatic rings. The number of non-ortho nitro benzene ring substituents is 1. The van der Waals surface area contributed by atoms with E-state index >= 15 is 0 Å². The van der Waals surface area contributed by atoms with Crippen LogP contribution < -0.4 is 10.1 Å². The second-order valence-corrected chi connectivity index (χ2v) is 6.41. The molecule has 1 fully saturated rings. The third-order valence-electron chi connectivity index (χ3n) is 3.81. The summed E-state index contributed by atoms with van der Waals surface area (Å²) in [6.45, 7) is 1.39. The minimum atomic E-state index is -0.406. The second kappa shape index (κ2) is 8.24. The van der Waals surface area contributed by atoms with Crippen molar-refractivity contribution in [2.24, 2.45) is 0 Å². The van der Waals surface area contributed by atoms with Crippen molar-refractivity contribution in [3.63, 3.8) is 0 Å². The molecule has 0 aromatic heterocycles. The van der Waals surface area contributed by atoms with Gasteiger partial charge >= 0.3 is 0 Å². The molecule has 0 saturated heterocycles. The molecule has 1 aromatic carbocycles. The molecule has 1 aromatic rings. The number of rotatable bonds is 7. The Morgan fingerprint density at radius 3 is 2.81 bits per heavy atom. The lowest BCUT2D eigenvalue weighted by Gasteiger charge is -2.28. The van der Waals surface area contributed by atoms with E-state index < -0.39 is 4.92 Å². The van der Waals surface area contributed by atoms with Gasteiger partial charge in [-0.25, -0.2) is 0 Å². The van der Waals surface area contributed by atoms with E-state index in [2.05, 4.69) is 11.6 Å². The predicted molar refractivity (Wildman–Crippen MR) is 86.2 cm³/mol. The first kappa shape index (κ1) is 16.1. The molecule has 0 bridgehead atoms. The van der Waals surface area contributed by atoms with Gasteiger partial charge in [0.1, 0.15) is 12.4 Å². The van der Waals surface area contributed by atoms with Crippen LogP contribution in [0.5, 0.6) is 5.75 Å². The largest absolute Gasteiger partial charge is 0.492 e. The molecule has 0 aliphatic heterocycles. The van der Waals surface area contributed by atoms with Crippen molar-refractivity contribution in [3.05, 3.63) is 34.4 Å². The Morgan fingerprint density at radius 2 is 2.14 bits per heavy atom. The van der Waals surface area contributed by atoms with Crippen LogP contribution in [0.1, 0.15) is 25.7 Å². The van der Waals surface area contributed by atoms with E-state index in [1.165, 1.54) is 37.8 Å². The van der Waals surface area contributed by atoms with Crippen molar-refractivity contribution < 1.29 is 9.66 Å². The molecule has 6 heteroatoms. The van der Waals surface area contributed by atoms with E-state index in [1.54, 1.807) is 12.1 Å². The summed E-state index contributed by atoms with van der Waals surface area (Å²) in [4.78, 5) is 10.1. The molecule has 0 radical (unpaired) electrons. The number of nitro groups is 1. The zero-order chi connectivity index (χ0) is 15.1. The smallest absolute Gasteiger partial charge is 0.269 e. The summed E-state index contributed by atoms with van der Waals surface area (Å²) in [6.07, 6.45) is 7.29. The predicted octanol–water partition coefficient (Wildman–Crippen LogP) is 3.24. The van der Waals surface area contributed by atoms with Crippen molar-refractivity contribution in [2.45, 2.75) is 37.0 Å². The fourth-order valence-corrected chi connectivity index (χ4v) is 3.47. The van der Waals surface area contributed by atoms with E-state index in [9.17, 15) is 10.1 Å². The topological polar surface area (TPSA) is 64.4 Å². The number of ether oxygens (including phenoxy) is 1. The Labute approximate surface area is 129 Å². The van der Waals surface area contributed by atoms with Gasteiger partial charge in [0.15, 0.2) is 0 Å². The minimum Gasteiger partial charge on any atom is -0.492 e. The first-order chi connectivity index (χ1) is 10.2. The third-order valence-corrected chi connectivity index (χ3v) is 4.91. The van der Waals surface area contributed by atoms with E-state index in [0.29, 0.717) is 18.4 Å². The monoisotopic (exact) mass is 310 g/mol. The van der Waals surface area contributed by atoms with Gasteiger partial charge in [0.25, 0.3) is 5.69 Å². The maximum atomic E-state index is 10.6. The molecule has 2 rings (SSSR count). The van der Waals surface area contributed by atoms with Gasteiger partial charge in [0.05, 0.1) is 4.92 Å². The fourth-order valence-electron chi connectivity index (χ4n) is 2.64. The highest BCUT2D eigenvalue weighted by Crippen LogP contribution is 2.26. The van der Waals surface area contributed by atoms with Crippen LogP contribution in [-0.2, 0) is 0 Å². The van der Waals surface area contributed by atoms with E-state index in [4.69, 9.17) is 4.74 Å². The fraction of sp³-hybridized carbons (Fsp3) is 0.600. The molecule has 0 spiro atoms. The average Bonchev–Trinajstić information content (AvgIpc) is 2.52. The number of thioether (sulfide) groups is 1. The number of nitro benzene ring substituents is 1. The van der Waals surface area contributed by atoms with Crippen LogP contribution in [0.25, 0.3) is 0 Å². The van der Waals surface area contributed by atoms with Crippen molar-refractivity contribution in [1.29, 1.82) is 0 Å². The summed E-state index contributed by atoms with van der Waals surface area (Å²) in [5.74, 6) is 0.674. The lowest BCUT2D eigenvalue weighted by Crippen LogP contribution is -2.37. The molecule has 1 saturated carbocycles. The molecule has 5 nitrogen and oxygen atoms in total. The van der Waals surface area contributed by atoms with Crippen molar-refractivity contribution in [1.82, 2.24) is 5.32 Å². The maximum absolute atomic E-state index is 10.6. The van der Waals surface area contributed by atoms with Gasteiger partial charge in [-0.2, -0.15) is 11.8 Å². The summed E-state index contributed by atoms with van der Waals surface area (Å²) in [5, 5.41) is 14.9. The first-order valence-corrected chi connectivity index (χ1v) is 8.61. The highest BCUT2D eigenvalue weighted by molar-refractivity contribution is 7.99. The molecule has 1 aliphatic carbocycles. The SMILES string of the molecule is CSC1CCCC(NCCOc2ccc([N+](=O)[O-])cc2)C1. The lowest BCUT2D eigenvalue weighted by atomic mass is 9.95. The molecule has 0 heterocycles. The van der Waals surface area contributed by atoms with Crippen LogP contribution in [0.2, 0.25) is 0 Å². The minimum absolute atomic E-state index is 0.0887. The number of nitrogens with zero attached hydrogens (tertiary/aromatic N) is 1. The lowest BCUT2D eigenvalue weighted by molar-refractivity contribution is -0.384. The Balaban J connectivity index is 1.66. The summed E-state index contributed by atoms with van der Waals surface area (Å²) in [5.41, 5.74) is 0.0887. The third kappa shape index (κ3) is 5.21. The van der Waals surface area contributed by atoms with Crippen LogP contribution in [-0.4, -0.2) is 35.6 Å². The van der Waals surface area contributed by atoms with Crippen LogP contribution in [0.15, 0.2) is 24.3 Å². The number of nitrogens with one attached hydrogen (secondary N) is 1. The molecule has 2 atom stereocenters. The Kier molecular flexibility index (Phi) is 6.32. The highest BCUT2D eigenvalue weighted by atomic mass is 32.2. The van der Waals surface area contributed by atoms with Crippen molar-refractivity contribution in [3.8, 4) is 5.75 Å². The number of hydrogen-bond acceptors (Lipinski definition) is 5. The Bertz CT molecular complexity index is 453. The first-order valence-electron chi connectivity index (χ1n) is 7.32. The van der Waals surface area contributed by atoms with E-state index in [0.717, 1.165) is 11.8 Å². The van der Waals surface area contributed by atoms with Crippen molar-refractivity contribution in [2.75, 3.05) is 19.4 Å². The van der Waals surface area contributed by atoms with Crippen LogP contribution in [0.4, 0.5) is 5.69 Å². The highest BCUT2D eigenvalue weighted by Gasteiger charge is 2.20. The van der Waals surface area contributed by atoms with Gasteiger partial charge in [0.2, 0.25) is 0 Å². The normalized spacial score (nSPS) is 22.0. The van der Waals surface area contributed by atoms with Crippen LogP contribution in [0.3, 0.4) is 0 Å². The Hall–Kier alpha value is -1.27. The van der Waals surface area contributed by atoms with Gasteiger partial charge in [0, 0.05) is 30.0 Å². The van der Waals surface area contributed by atoms with E-state index in [-0.39, 0.29) is 5.69 Å². The molecule has 0 amide bonds. The Morgan fingerprint density at radius 1 is 1.38 bits per heavy atom. The second-order valence-electron chi connectivity index (χ2n) is 5.27. The van der Waals surface area contributed by atoms with Crippen LogP contribution in [0, 0.1) is 10.1 Å². The van der Waals surface area contributed by atoms with E-state index in [1.807, 2.05) is 11.8 Å². The zero-order valence-electron chi connectivity index (χ0n) is 12.3. The summed E-state index contributed by atoms with van der Waals surface area (Å²) < 4.78 is 5.59.